The van der Waals surface area contributed by atoms with E-state index in [-0.39, 0.29) is 30.0 Å². The number of nitro groups is 1. The number of esters is 1. The second-order valence-electron chi connectivity index (χ2n) is 6.34. The van der Waals surface area contributed by atoms with E-state index in [1.54, 1.807) is 12.1 Å². The highest BCUT2D eigenvalue weighted by Gasteiger charge is 2.21. The number of para-hydroxylation sites is 2. The van der Waals surface area contributed by atoms with Crippen molar-refractivity contribution >= 4 is 34.4 Å². The van der Waals surface area contributed by atoms with Gasteiger partial charge in [-0.25, -0.2) is 4.98 Å². The molecule has 3 rings (SSSR count). The number of hydrogen-bond donors (Lipinski definition) is 1. The molecule has 3 aromatic rings. The number of aromatic nitrogens is 1. The first-order chi connectivity index (χ1) is 14.4. The maximum Gasteiger partial charge on any atom is 0.307 e. The number of non-ortho nitro benzene ring substituents is 1. The molecule has 0 bridgehead atoms. The van der Waals surface area contributed by atoms with Crippen LogP contribution in [0.4, 0.5) is 11.4 Å². The van der Waals surface area contributed by atoms with Crippen LogP contribution in [0.3, 0.4) is 0 Å². The van der Waals surface area contributed by atoms with Gasteiger partial charge in [0.1, 0.15) is 11.3 Å². The highest BCUT2D eigenvalue weighted by molar-refractivity contribution is 5.96. The number of anilines is 1. The predicted molar refractivity (Wildman–Crippen MR) is 106 cm³/mol. The molecule has 0 saturated heterocycles. The Morgan fingerprint density at radius 2 is 2.03 bits per heavy atom. The van der Waals surface area contributed by atoms with Gasteiger partial charge in [-0.15, -0.1) is 0 Å². The maximum atomic E-state index is 12.3. The third kappa shape index (κ3) is 4.90. The van der Waals surface area contributed by atoms with E-state index in [2.05, 4.69) is 10.3 Å². The van der Waals surface area contributed by atoms with E-state index in [0.717, 1.165) is 0 Å². The fourth-order valence-corrected chi connectivity index (χ4v) is 2.68. The lowest BCUT2D eigenvalue weighted by Gasteiger charge is -2.15. The van der Waals surface area contributed by atoms with E-state index in [9.17, 15) is 19.7 Å². The van der Waals surface area contributed by atoms with Crippen LogP contribution >= 0.6 is 0 Å². The molecule has 30 heavy (non-hydrogen) atoms. The molecule has 0 spiro atoms. The van der Waals surface area contributed by atoms with E-state index in [4.69, 9.17) is 13.9 Å². The highest BCUT2D eigenvalue weighted by atomic mass is 16.6. The Morgan fingerprint density at radius 3 is 2.73 bits per heavy atom. The zero-order chi connectivity index (χ0) is 21.7. The third-order valence-electron chi connectivity index (χ3n) is 4.21. The molecule has 1 atom stereocenters. The molecule has 0 radical (unpaired) electrons. The van der Waals surface area contributed by atoms with Gasteiger partial charge in [-0.3, -0.25) is 19.7 Å². The van der Waals surface area contributed by atoms with Crippen molar-refractivity contribution in [3.05, 3.63) is 58.5 Å². The van der Waals surface area contributed by atoms with Gasteiger partial charge in [-0.05, 0) is 25.1 Å². The van der Waals surface area contributed by atoms with Crippen molar-refractivity contribution < 1.29 is 28.4 Å². The first kappa shape index (κ1) is 20.8. The number of amides is 1. The number of hydrogen-bond acceptors (Lipinski definition) is 8. The van der Waals surface area contributed by atoms with Crippen molar-refractivity contribution in [1.82, 2.24) is 4.98 Å². The van der Waals surface area contributed by atoms with Crippen molar-refractivity contribution in [3.63, 3.8) is 0 Å². The van der Waals surface area contributed by atoms with Crippen LogP contribution in [0.15, 0.2) is 46.9 Å². The Kier molecular flexibility index (Phi) is 6.26. The summed E-state index contributed by atoms with van der Waals surface area (Å²) in [5.41, 5.74) is 1.38. The number of carbonyl (C=O) groups excluding carboxylic acids is 2. The molecule has 0 saturated carbocycles. The lowest BCUT2D eigenvalue weighted by molar-refractivity contribution is -0.384. The number of nitrogens with zero attached hydrogens (tertiary/aromatic N) is 2. The minimum Gasteiger partial charge on any atom is -0.494 e. The molecule has 0 aliphatic rings. The molecular formula is C20H19N3O7. The number of carbonyl (C=O) groups is 2. The second-order valence-corrected chi connectivity index (χ2v) is 6.34. The Labute approximate surface area is 170 Å². The molecule has 0 aliphatic heterocycles. The predicted octanol–water partition coefficient (Wildman–Crippen LogP) is 3.25. The standard InChI is InChI=1S/C20H19N3O7/c1-12(20(25)22-15-8-7-13(23(26)27)11-17(15)28-2)29-19(24)10-9-18-21-14-5-3-4-6-16(14)30-18/h3-8,11-12H,9-10H2,1-2H3,(H,22,25)/t12-/m0/s1. The number of oxazole rings is 1. The molecule has 0 aliphatic carbocycles. The van der Waals surface area contributed by atoms with E-state index < -0.39 is 22.9 Å². The Bertz CT molecular complexity index is 1060. The van der Waals surface area contributed by atoms with Crippen LogP contribution in [0.1, 0.15) is 19.2 Å². The number of aryl methyl sites for hydroxylation is 1. The van der Waals surface area contributed by atoms with Gasteiger partial charge in [0.05, 0.1) is 30.2 Å². The largest absolute Gasteiger partial charge is 0.494 e. The first-order valence-electron chi connectivity index (χ1n) is 9.04. The van der Waals surface area contributed by atoms with Gasteiger partial charge in [-0.2, -0.15) is 0 Å². The van der Waals surface area contributed by atoms with E-state index in [1.807, 2.05) is 12.1 Å². The number of benzene rings is 2. The lowest BCUT2D eigenvalue weighted by Crippen LogP contribution is -2.30. The zero-order valence-corrected chi connectivity index (χ0v) is 16.3. The Hall–Kier alpha value is -3.95. The van der Waals surface area contributed by atoms with Crippen molar-refractivity contribution in [2.24, 2.45) is 0 Å². The van der Waals surface area contributed by atoms with Gasteiger partial charge < -0.3 is 19.2 Å². The molecule has 2 aromatic carbocycles. The normalized spacial score (nSPS) is 11.7. The maximum absolute atomic E-state index is 12.3. The van der Waals surface area contributed by atoms with Gasteiger partial charge in [0.25, 0.3) is 11.6 Å². The SMILES string of the molecule is COc1cc([N+](=O)[O-])ccc1NC(=O)[C@H](C)OC(=O)CCc1nc2ccccc2o1. The monoisotopic (exact) mass is 413 g/mol. The summed E-state index contributed by atoms with van der Waals surface area (Å²) >= 11 is 0. The summed E-state index contributed by atoms with van der Waals surface area (Å²) in [6.45, 7) is 1.42. The van der Waals surface area contributed by atoms with Gasteiger partial charge in [0.15, 0.2) is 17.6 Å². The van der Waals surface area contributed by atoms with Crippen LogP contribution in [0.5, 0.6) is 5.75 Å². The van der Waals surface area contributed by atoms with Crippen molar-refractivity contribution in [1.29, 1.82) is 0 Å². The lowest BCUT2D eigenvalue weighted by atomic mass is 10.2. The fourth-order valence-electron chi connectivity index (χ4n) is 2.68. The van der Waals surface area contributed by atoms with Crippen LogP contribution in [0.2, 0.25) is 0 Å². The number of nitro benzene ring substituents is 1. The Balaban J connectivity index is 1.54. The molecule has 156 valence electrons. The molecule has 1 aromatic heterocycles. The summed E-state index contributed by atoms with van der Waals surface area (Å²) < 4.78 is 15.8. The van der Waals surface area contributed by atoms with Crippen LogP contribution in [-0.4, -0.2) is 35.0 Å². The van der Waals surface area contributed by atoms with Crippen molar-refractivity contribution in [3.8, 4) is 5.75 Å². The summed E-state index contributed by atoms with van der Waals surface area (Å²) in [5.74, 6) is -0.666. The molecular weight excluding hydrogens is 394 g/mol. The van der Waals surface area contributed by atoms with Crippen LogP contribution < -0.4 is 10.1 Å². The number of methoxy groups -OCH3 is 1. The van der Waals surface area contributed by atoms with Gasteiger partial charge in [-0.1, -0.05) is 12.1 Å². The molecule has 1 heterocycles. The molecule has 10 nitrogen and oxygen atoms in total. The average Bonchev–Trinajstić information content (AvgIpc) is 3.15. The Morgan fingerprint density at radius 1 is 1.27 bits per heavy atom. The minimum atomic E-state index is -1.08. The van der Waals surface area contributed by atoms with Crippen LogP contribution in [0.25, 0.3) is 11.1 Å². The quantitative estimate of drug-likeness (QED) is 0.338. The number of ether oxygens (including phenoxy) is 2. The molecule has 0 unspecified atom stereocenters. The molecule has 10 heteroatoms. The van der Waals surface area contributed by atoms with E-state index >= 15 is 0 Å². The number of rotatable bonds is 8. The topological polar surface area (TPSA) is 134 Å². The summed E-state index contributed by atoms with van der Waals surface area (Å²) in [4.78, 5) is 38.9. The smallest absolute Gasteiger partial charge is 0.307 e. The summed E-state index contributed by atoms with van der Waals surface area (Å²) in [7, 11) is 1.32. The van der Waals surface area contributed by atoms with Crippen molar-refractivity contribution in [2.75, 3.05) is 12.4 Å². The highest BCUT2D eigenvalue weighted by Crippen LogP contribution is 2.29. The summed E-state index contributed by atoms with van der Waals surface area (Å²) in [6, 6.07) is 11.0. The van der Waals surface area contributed by atoms with Gasteiger partial charge >= 0.3 is 5.97 Å². The second kappa shape index (κ2) is 9.03. The molecule has 1 amide bonds. The summed E-state index contributed by atoms with van der Waals surface area (Å²) in [5, 5.41) is 13.4. The first-order valence-corrected chi connectivity index (χ1v) is 9.04. The number of fused-ring (bicyclic) bond motifs is 1. The molecule has 0 fully saturated rings. The van der Waals surface area contributed by atoms with Gasteiger partial charge in [0.2, 0.25) is 0 Å². The van der Waals surface area contributed by atoms with Crippen LogP contribution in [-0.2, 0) is 20.7 Å². The average molecular weight is 413 g/mol. The molecule has 1 N–H and O–H groups in total. The van der Waals surface area contributed by atoms with Crippen LogP contribution in [0, 0.1) is 10.1 Å². The third-order valence-corrected chi connectivity index (χ3v) is 4.21. The number of nitrogens with one attached hydrogen (secondary N) is 1. The van der Waals surface area contributed by atoms with E-state index in [0.29, 0.717) is 17.0 Å². The van der Waals surface area contributed by atoms with Gasteiger partial charge in [0, 0.05) is 12.5 Å². The minimum absolute atomic E-state index is 0.00864. The summed E-state index contributed by atoms with van der Waals surface area (Å²) in [6.07, 6.45) is -0.857. The van der Waals surface area contributed by atoms with E-state index in [1.165, 1.54) is 32.2 Å². The fraction of sp³-hybridized carbons (Fsp3) is 0.250. The van der Waals surface area contributed by atoms with Crippen molar-refractivity contribution in [2.45, 2.75) is 25.9 Å². The zero-order valence-electron chi connectivity index (χ0n) is 16.3.